The summed E-state index contributed by atoms with van der Waals surface area (Å²) in [6.45, 7) is 4.11. The van der Waals surface area contributed by atoms with E-state index < -0.39 is 0 Å². The van der Waals surface area contributed by atoms with E-state index in [-0.39, 0.29) is 12.0 Å². The van der Waals surface area contributed by atoms with Crippen LogP contribution >= 0.6 is 15.9 Å². The molecule has 0 spiro atoms. The molecule has 2 aliphatic rings. The van der Waals surface area contributed by atoms with Crippen molar-refractivity contribution in [3.8, 4) is 0 Å². The van der Waals surface area contributed by atoms with Crippen LogP contribution in [0.2, 0.25) is 0 Å². The van der Waals surface area contributed by atoms with Gasteiger partial charge in [-0.15, -0.1) is 0 Å². The summed E-state index contributed by atoms with van der Waals surface area (Å²) in [6.07, 6.45) is 6.62. The molecule has 1 aliphatic carbocycles. The van der Waals surface area contributed by atoms with Crippen LogP contribution < -0.4 is 5.32 Å². The number of carbonyl (C=O) groups excluding carboxylic acids is 1. The predicted octanol–water partition coefficient (Wildman–Crippen LogP) is 2.31. The molecule has 0 radical (unpaired) electrons. The normalized spacial score (nSPS) is 19.9. The number of nitrogens with one attached hydrogen (secondary N) is 1. The van der Waals surface area contributed by atoms with E-state index >= 15 is 0 Å². The maximum absolute atomic E-state index is 13.1. The van der Waals surface area contributed by atoms with Crippen LogP contribution in [-0.2, 0) is 27.4 Å². The Kier molecular flexibility index (Phi) is 6.30. The van der Waals surface area contributed by atoms with Crippen molar-refractivity contribution in [2.45, 2.75) is 44.5 Å². The van der Waals surface area contributed by atoms with Crippen LogP contribution in [0, 0.1) is 0 Å². The van der Waals surface area contributed by atoms with Crippen molar-refractivity contribution in [2.75, 3.05) is 33.4 Å². The number of carbonyl (C=O) groups is 1. The Hall–Kier alpha value is -1.48. The summed E-state index contributed by atoms with van der Waals surface area (Å²) in [5.41, 5.74) is 2.07. The number of rotatable bonds is 8. The average Bonchev–Trinajstić information content (AvgIpc) is 3.50. The van der Waals surface area contributed by atoms with Gasteiger partial charge in [0.1, 0.15) is 11.8 Å². The lowest BCUT2D eigenvalue weighted by Crippen LogP contribution is -2.49. The number of aromatic nitrogens is 2. The molecular formula is C20H27BrN4O3. The lowest BCUT2D eigenvalue weighted by atomic mass is 10.2. The lowest BCUT2D eigenvalue weighted by Gasteiger charge is -2.30. The molecule has 152 valence electrons. The third kappa shape index (κ3) is 4.25. The number of halogens is 1. The summed E-state index contributed by atoms with van der Waals surface area (Å²) < 4.78 is 14.1. The van der Waals surface area contributed by atoms with Crippen molar-refractivity contribution in [2.24, 2.45) is 0 Å². The highest BCUT2D eigenvalue weighted by molar-refractivity contribution is 9.10. The smallest absolute Gasteiger partial charge is 0.253 e. The summed E-state index contributed by atoms with van der Waals surface area (Å²) in [7, 11) is 1.72. The van der Waals surface area contributed by atoms with Gasteiger partial charge in [0, 0.05) is 68.2 Å². The standard InChI is InChI=1S/C20H27BrN4O3/c1-27-9-2-8-24-12-14(18-16(21)5-6-23-19(18)24)13-25(15-3-4-15)20(26)17-11-22-7-10-28-17/h5-6,12,15,17,22H,2-4,7-11,13H2,1H3. The molecule has 2 aromatic rings. The first-order valence-corrected chi connectivity index (χ1v) is 10.7. The minimum Gasteiger partial charge on any atom is -0.385 e. The van der Waals surface area contributed by atoms with Gasteiger partial charge in [0.25, 0.3) is 5.91 Å². The maximum Gasteiger partial charge on any atom is 0.253 e. The third-order valence-corrected chi connectivity index (χ3v) is 6.01. The molecule has 3 heterocycles. The fourth-order valence-electron chi connectivity index (χ4n) is 3.79. The Morgan fingerprint density at radius 3 is 3.07 bits per heavy atom. The van der Waals surface area contributed by atoms with Crippen LogP contribution in [0.4, 0.5) is 0 Å². The van der Waals surface area contributed by atoms with Crippen LogP contribution in [0.5, 0.6) is 0 Å². The van der Waals surface area contributed by atoms with Crippen molar-refractivity contribution >= 4 is 32.9 Å². The van der Waals surface area contributed by atoms with E-state index in [0.717, 1.165) is 53.4 Å². The monoisotopic (exact) mass is 450 g/mol. The van der Waals surface area contributed by atoms with E-state index in [4.69, 9.17) is 9.47 Å². The maximum atomic E-state index is 13.1. The molecule has 1 saturated heterocycles. The third-order valence-electron chi connectivity index (χ3n) is 5.35. The predicted molar refractivity (Wildman–Crippen MR) is 110 cm³/mol. The number of ether oxygens (including phenoxy) is 2. The number of morpholine rings is 1. The van der Waals surface area contributed by atoms with Crippen LogP contribution in [0.15, 0.2) is 22.9 Å². The minimum absolute atomic E-state index is 0.0926. The molecule has 2 fully saturated rings. The molecule has 7 nitrogen and oxygen atoms in total. The Bertz CT molecular complexity index is 830. The molecule has 4 rings (SSSR count). The number of pyridine rings is 1. The van der Waals surface area contributed by atoms with Gasteiger partial charge in [-0.2, -0.15) is 0 Å². The second-order valence-electron chi connectivity index (χ2n) is 7.45. The number of methoxy groups -OCH3 is 1. The summed E-state index contributed by atoms with van der Waals surface area (Å²) >= 11 is 3.68. The zero-order valence-corrected chi connectivity index (χ0v) is 17.8. The SMILES string of the molecule is COCCCn1cc(CN(C(=O)C2CNCCO2)C2CC2)c2c(Br)ccnc21. The quantitative estimate of drug-likeness (QED) is 0.624. The van der Waals surface area contributed by atoms with E-state index in [2.05, 4.69) is 37.0 Å². The van der Waals surface area contributed by atoms with Gasteiger partial charge in [-0.25, -0.2) is 4.98 Å². The summed E-state index contributed by atoms with van der Waals surface area (Å²) in [4.78, 5) is 19.7. The lowest BCUT2D eigenvalue weighted by molar-refractivity contribution is -0.146. The fourth-order valence-corrected chi connectivity index (χ4v) is 4.34. The number of hydrogen-bond donors (Lipinski definition) is 1. The molecular weight excluding hydrogens is 424 g/mol. The topological polar surface area (TPSA) is 68.6 Å². The van der Waals surface area contributed by atoms with Crippen LogP contribution in [0.25, 0.3) is 11.0 Å². The van der Waals surface area contributed by atoms with E-state index in [0.29, 0.717) is 32.3 Å². The minimum atomic E-state index is -0.383. The van der Waals surface area contributed by atoms with Gasteiger partial charge in [0.15, 0.2) is 0 Å². The van der Waals surface area contributed by atoms with E-state index in [9.17, 15) is 4.79 Å². The second kappa shape index (κ2) is 8.90. The zero-order chi connectivity index (χ0) is 19.5. The highest BCUT2D eigenvalue weighted by Gasteiger charge is 2.37. The summed E-state index contributed by atoms with van der Waals surface area (Å²) in [6, 6.07) is 2.28. The van der Waals surface area contributed by atoms with Gasteiger partial charge in [-0.3, -0.25) is 4.79 Å². The molecule has 1 saturated carbocycles. The second-order valence-corrected chi connectivity index (χ2v) is 8.30. The highest BCUT2D eigenvalue weighted by atomic mass is 79.9. The van der Waals surface area contributed by atoms with E-state index in [1.807, 2.05) is 17.2 Å². The van der Waals surface area contributed by atoms with Gasteiger partial charge >= 0.3 is 0 Å². The van der Waals surface area contributed by atoms with Crippen molar-refractivity contribution in [3.05, 3.63) is 28.5 Å². The van der Waals surface area contributed by atoms with Gasteiger partial charge in [0.2, 0.25) is 0 Å². The molecule has 0 aromatic carbocycles. The number of hydrogen-bond acceptors (Lipinski definition) is 5. The van der Waals surface area contributed by atoms with Gasteiger partial charge in [-0.05, 0) is 46.8 Å². The van der Waals surface area contributed by atoms with Crippen LogP contribution in [-0.4, -0.2) is 65.9 Å². The van der Waals surface area contributed by atoms with E-state index in [1.165, 1.54) is 0 Å². The van der Waals surface area contributed by atoms with Crippen molar-refractivity contribution < 1.29 is 14.3 Å². The number of fused-ring (bicyclic) bond motifs is 1. The molecule has 1 atom stereocenters. The van der Waals surface area contributed by atoms with Crippen molar-refractivity contribution in [1.82, 2.24) is 19.8 Å². The average molecular weight is 451 g/mol. The first-order valence-electron chi connectivity index (χ1n) is 9.93. The summed E-state index contributed by atoms with van der Waals surface area (Å²) in [5.74, 6) is 0.0926. The van der Waals surface area contributed by atoms with E-state index in [1.54, 1.807) is 7.11 Å². The summed E-state index contributed by atoms with van der Waals surface area (Å²) in [5, 5.41) is 4.34. The molecule has 1 aliphatic heterocycles. The first-order chi connectivity index (χ1) is 13.7. The molecule has 0 bridgehead atoms. The number of nitrogens with zero attached hydrogens (tertiary/aromatic N) is 3. The number of amides is 1. The Labute approximate surface area is 173 Å². The Balaban J connectivity index is 1.60. The highest BCUT2D eigenvalue weighted by Crippen LogP contribution is 2.33. The zero-order valence-electron chi connectivity index (χ0n) is 16.2. The molecule has 8 heteroatoms. The largest absolute Gasteiger partial charge is 0.385 e. The molecule has 1 amide bonds. The Morgan fingerprint density at radius 1 is 1.50 bits per heavy atom. The van der Waals surface area contributed by atoms with Crippen LogP contribution in [0.3, 0.4) is 0 Å². The van der Waals surface area contributed by atoms with Crippen molar-refractivity contribution in [3.63, 3.8) is 0 Å². The molecule has 1 unspecified atom stereocenters. The first kappa shape index (κ1) is 19.8. The van der Waals surface area contributed by atoms with Crippen molar-refractivity contribution in [1.29, 1.82) is 0 Å². The van der Waals surface area contributed by atoms with Gasteiger partial charge in [0.05, 0.1) is 6.61 Å². The fraction of sp³-hybridized carbons (Fsp3) is 0.600. The molecule has 2 aromatic heterocycles. The van der Waals surface area contributed by atoms with Crippen LogP contribution in [0.1, 0.15) is 24.8 Å². The molecule has 28 heavy (non-hydrogen) atoms. The van der Waals surface area contributed by atoms with Gasteiger partial charge < -0.3 is 24.3 Å². The Morgan fingerprint density at radius 2 is 2.36 bits per heavy atom. The number of aryl methyl sites for hydroxylation is 1. The van der Waals surface area contributed by atoms with Gasteiger partial charge in [-0.1, -0.05) is 0 Å². The molecule has 1 N–H and O–H groups in total.